The molecule has 0 aliphatic rings. The molecule has 1 rings (SSSR count). The number of anilines is 1. The van der Waals surface area contributed by atoms with E-state index in [4.69, 9.17) is 5.11 Å². The highest BCUT2D eigenvalue weighted by molar-refractivity contribution is 5.90. The number of amides is 1. The van der Waals surface area contributed by atoms with Gasteiger partial charge < -0.3 is 10.4 Å². The number of hydrogen-bond acceptors (Lipinski definition) is 3. The van der Waals surface area contributed by atoms with E-state index < -0.39 is 11.4 Å². The lowest BCUT2D eigenvalue weighted by Crippen LogP contribution is -2.24. The second kappa shape index (κ2) is 5.86. The number of nitrogens with zero attached hydrogens (tertiary/aromatic N) is 1. The third kappa shape index (κ3) is 5.11. The van der Waals surface area contributed by atoms with Crippen molar-refractivity contribution in [2.75, 3.05) is 5.32 Å². The molecule has 0 aromatic carbocycles. The monoisotopic (exact) mass is 267 g/mol. The number of carboxylic acid groups (broad SMARTS) is 1. The van der Waals surface area contributed by atoms with E-state index in [0.717, 1.165) is 5.69 Å². The molecular weight excluding hydrogens is 246 g/mol. The molecule has 0 bridgehead atoms. The molecule has 0 aliphatic heterocycles. The topological polar surface area (TPSA) is 95.1 Å². The Kier molecular flexibility index (Phi) is 4.69. The summed E-state index contributed by atoms with van der Waals surface area (Å²) in [5, 5.41) is 18.3. The van der Waals surface area contributed by atoms with E-state index in [1.54, 1.807) is 19.9 Å². The third-order valence-corrected chi connectivity index (χ3v) is 2.76. The van der Waals surface area contributed by atoms with Gasteiger partial charge in [-0.05, 0) is 11.3 Å². The highest BCUT2D eigenvalue weighted by Crippen LogP contribution is 2.25. The maximum atomic E-state index is 11.8. The maximum absolute atomic E-state index is 11.8. The fraction of sp³-hybridized carbons (Fsp3) is 0.615. The van der Waals surface area contributed by atoms with E-state index in [1.807, 2.05) is 13.8 Å². The molecule has 106 valence electrons. The van der Waals surface area contributed by atoms with Gasteiger partial charge in [0.2, 0.25) is 5.91 Å². The number of hydrogen-bond donors (Lipinski definition) is 3. The molecule has 1 heterocycles. The van der Waals surface area contributed by atoms with Crippen molar-refractivity contribution in [3.8, 4) is 0 Å². The first-order valence-corrected chi connectivity index (χ1v) is 6.26. The fourth-order valence-corrected chi connectivity index (χ4v) is 1.79. The van der Waals surface area contributed by atoms with Gasteiger partial charge in [0, 0.05) is 18.2 Å². The summed E-state index contributed by atoms with van der Waals surface area (Å²) in [7, 11) is 0. The van der Waals surface area contributed by atoms with Gasteiger partial charge in [0.25, 0.3) is 0 Å². The van der Waals surface area contributed by atoms with Crippen LogP contribution in [0.3, 0.4) is 0 Å². The standard InChI is InChI=1S/C13H21N3O3/c1-8(2)9-5-10(16-15-9)14-11(17)6-13(3,4)7-12(18)19/h5,8H,6-7H2,1-4H3,(H,18,19)(H2,14,15,16,17). The summed E-state index contributed by atoms with van der Waals surface area (Å²) in [6.07, 6.45) is 0.0986. The Morgan fingerprint density at radius 2 is 2.05 bits per heavy atom. The number of aromatic nitrogens is 2. The zero-order chi connectivity index (χ0) is 14.6. The van der Waals surface area contributed by atoms with Crippen LogP contribution < -0.4 is 5.32 Å². The molecule has 0 saturated carbocycles. The van der Waals surface area contributed by atoms with Gasteiger partial charge in [-0.1, -0.05) is 27.7 Å². The average Bonchev–Trinajstić information content (AvgIpc) is 2.62. The first kappa shape index (κ1) is 15.2. The van der Waals surface area contributed by atoms with E-state index >= 15 is 0 Å². The summed E-state index contributed by atoms with van der Waals surface area (Å²) in [6.45, 7) is 7.56. The molecule has 0 atom stereocenters. The van der Waals surface area contributed by atoms with Gasteiger partial charge in [0.1, 0.15) is 0 Å². The van der Waals surface area contributed by atoms with E-state index in [9.17, 15) is 9.59 Å². The van der Waals surface area contributed by atoms with Gasteiger partial charge in [0.05, 0.1) is 6.42 Å². The lowest BCUT2D eigenvalue weighted by Gasteiger charge is -2.20. The molecule has 0 saturated heterocycles. The molecule has 0 radical (unpaired) electrons. The van der Waals surface area contributed by atoms with Gasteiger partial charge in [-0.25, -0.2) is 0 Å². The maximum Gasteiger partial charge on any atom is 0.303 e. The predicted molar refractivity (Wildman–Crippen MR) is 72.0 cm³/mol. The Bertz CT molecular complexity index is 463. The van der Waals surface area contributed by atoms with Crippen LogP contribution in [0.2, 0.25) is 0 Å². The Morgan fingerprint density at radius 3 is 2.53 bits per heavy atom. The Morgan fingerprint density at radius 1 is 1.42 bits per heavy atom. The van der Waals surface area contributed by atoms with Gasteiger partial charge in [-0.3, -0.25) is 14.7 Å². The smallest absolute Gasteiger partial charge is 0.303 e. The zero-order valence-corrected chi connectivity index (χ0v) is 11.8. The summed E-state index contributed by atoms with van der Waals surface area (Å²) in [5.41, 5.74) is 0.368. The SMILES string of the molecule is CC(C)c1cc(NC(=O)CC(C)(C)CC(=O)O)n[nH]1. The lowest BCUT2D eigenvalue weighted by atomic mass is 9.85. The minimum atomic E-state index is -0.903. The van der Waals surface area contributed by atoms with Crippen LogP contribution in [0.25, 0.3) is 0 Å². The summed E-state index contributed by atoms with van der Waals surface area (Å²) in [6, 6.07) is 1.78. The minimum absolute atomic E-state index is 0.0434. The normalized spacial score (nSPS) is 11.6. The second-order valence-electron chi connectivity index (χ2n) is 5.82. The summed E-state index contributed by atoms with van der Waals surface area (Å²) in [4.78, 5) is 22.5. The molecule has 1 aromatic heterocycles. The van der Waals surface area contributed by atoms with Crippen LogP contribution in [0, 0.1) is 5.41 Å². The van der Waals surface area contributed by atoms with Crippen LogP contribution in [0.5, 0.6) is 0 Å². The molecule has 0 fully saturated rings. The highest BCUT2D eigenvalue weighted by Gasteiger charge is 2.25. The quantitative estimate of drug-likeness (QED) is 0.737. The van der Waals surface area contributed by atoms with Gasteiger partial charge in [-0.15, -0.1) is 0 Å². The van der Waals surface area contributed by atoms with Crippen molar-refractivity contribution in [3.63, 3.8) is 0 Å². The van der Waals surface area contributed by atoms with E-state index in [2.05, 4.69) is 15.5 Å². The number of aliphatic carboxylic acids is 1. The molecule has 6 heteroatoms. The van der Waals surface area contributed by atoms with Crippen LogP contribution in [0.1, 0.15) is 52.1 Å². The van der Waals surface area contributed by atoms with Crippen molar-refractivity contribution in [2.45, 2.75) is 46.5 Å². The van der Waals surface area contributed by atoms with Crippen molar-refractivity contribution in [1.82, 2.24) is 10.2 Å². The van der Waals surface area contributed by atoms with E-state index in [0.29, 0.717) is 11.7 Å². The van der Waals surface area contributed by atoms with E-state index in [-0.39, 0.29) is 18.7 Å². The molecule has 0 aliphatic carbocycles. The van der Waals surface area contributed by atoms with Gasteiger partial charge in [0.15, 0.2) is 5.82 Å². The number of aromatic amines is 1. The van der Waals surface area contributed by atoms with Crippen LogP contribution in [-0.2, 0) is 9.59 Å². The summed E-state index contributed by atoms with van der Waals surface area (Å²) >= 11 is 0. The van der Waals surface area contributed by atoms with Crippen LogP contribution >= 0.6 is 0 Å². The molecule has 1 amide bonds. The number of carbonyl (C=O) groups excluding carboxylic acids is 1. The molecule has 6 nitrogen and oxygen atoms in total. The van der Waals surface area contributed by atoms with Gasteiger partial charge >= 0.3 is 5.97 Å². The first-order valence-electron chi connectivity index (χ1n) is 6.26. The van der Waals surface area contributed by atoms with Crippen LogP contribution in [-0.4, -0.2) is 27.2 Å². The number of carbonyl (C=O) groups is 2. The van der Waals surface area contributed by atoms with E-state index in [1.165, 1.54) is 0 Å². The molecule has 3 N–H and O–H groups in total. The Hall–Kier alpha value is -1.85. The lowest BCUT2D eigenvalue weighted by molar-refractivity contribution is -0.139. The summed E-state index contributed by atoms with van der Waals surface area (Å²) < 4.78 is 0. The van der Waals surface area contributed by atoms with Crippen LogP contribution in [0.15, 0.2) is 6.07 Å². The van der Waals surface area contributed by atoms with Crippen LogP contribution in [0.4, 0.5) is 5.82 Å². The molecule has 0 spiro atoms. The molecular formula is C13H21N3O3. The fourth-order valence-electron chi connectivity index (χ4n) is 1.79. The van der Waals surface area contributed by atoms with Crippen molar-refractivity contribution in [2.24, 2.45) is 5.41 Å². The first-order chi connectivity index (χ1) is 8.69. The summed E-state index contributed by atoms with van der Waals surface area (Å²) in [5.74, 6) is -0.353. The second-order valence-corrected chi connectivity index (χ2v) is 5.82. The number of H-pyrrole nitrogens is 1. The van der Waals surface area contributed by atoms with Crippen molar-refractivity contribution < 1.29 is 14.7 Å². The Labute approximate surface area is 112 Å². The molecule has 1 aromatic rings. The number of rotatable bonds is 6. The van der Waals surface area contributed by atoms with Gasteiger partial charge in [-0.2, -0.15) is 5.10 Å². The van der Waals surface area contributed by atoms with Crippen molar-refractivity contribution >= 4 is 17.7 Å². The minimum Gasteiger partial charge on any atom is -0.481 e. The molecule has 19 heavy (non-hydrogen) atoms. The zero-order valence-electron chi connectivity index (χ0n) is 11.8. The third-order valence-electron chi connectivity index (χ3n) is 2.76. The number of carboxylic acids is 1. The predicted octanol–water partition coefficient (Wildman–Crippen LogP) is 2.36. The Balaban J connectivity index is 2.57. The highest BCUT2D eigenvalue weighted by atomic mass is 16.4. The van der Waals surface area contributed by atoms with Crippen molar-refractivity contribution in [1.29, 1.82) is 0 Å². The molecule has 0 unspecified atom stereocenters. The van der Waals surface area contributed by atoms with Crippen molar-refractivity contribution in [3.05, 3.63) is 11.8 Å². The number of nitrogens with one attached hydrogen (secondary N) is 2. The largest absolute Gasteiger partial charge is 0.481 e. The average molecular weight is 267 g/mol.